The van der Waals surface area contributed by atoms with E-state index in [1.54, 1.807) is 0 Å². The molecule has 0 bridgehead atoms. The predicted octanol–water partition coefficient (Wildman–Crippen LogP) is 16.6. The van der Waals surface area contributed by atoms with Gasteiger partial charge < -0.3 is 14.2 Å². The molecule has 1 aliphatic heterocycles. The third-order valence-corrected chi connectivity index (χ3v) is 13.0. The number of hydrogen-bond acceptors (Lipinski definition) is 4. The summed E-state index contributed by atoms with van der Waals surface area (Å²) < 4.78 is 13.7. The van der Waals surface area contributed by atoms with Crippen LogP contribution >= 0.6 is 0 Å². The summed E-state index contributed by atoms with van der Waals surface area (Å²) in [4.78, 5) is 10.1. The van der Waals surface area contributed by atoms with Gasteiger partial charge in [-0.25, -0.2) is 0 Å². The van der Waals surface area contributed by atoms with Crippen LogP contribution in [0.2, 0.25) is 0 Å². The van der Waals surface area contributed by atoms with Crippen LogP contribution in [0.3, 0.4) is 0 Å². The summed E-state index contributed by atoms with van der Waals surface area (Å²) >= 11 is 0. The van der Waals surface area contributed by atoms with Crippen molar-refractivity contribution in [2.45, 2.75) is 41.5 Å². The van der Waals surface area contributed by atoms with Crippen LogP contribution in [-0.2, 0) is 21.1 Å². The van der Waals surface area contributed by atoms with Gasteiger partial charge in [0, 0.05) is 40.0 Å². The number of allylic oxidation sites excluding steroid dienone is 3. The number of benzene rings is 6. The quantitative estimate of drug-likeness (QED) is 0.142. The molecule has 0 radical (unpaired) electrons. The van der Waals surface area contributed by atoms with Crippen molar-refractivity contribution in [1.29, 1.82) is 0 Å². The van der Waals surface area contributed by atoms with E-state index in [-0.39, 0.29) is 21.1 Å². The maximum Gasteiger partial charge on any atom is 2.00 e. The Balaban J connectivity index is 0.00000539. The standard InChI is InChI=1S/C62H47N3O2.Pt/c1-37-16-13-17-38(2)55(37)53-35-45-26-28-63-59(61(45)66-53)50-31-47(43-22-9-7-10-23-43)30-49(32-50)58(57-41(5)20-15-21-42(57)6)51-33-48(44-24-11-8-12-25-44)34-52(65-51)60-62-46(27-29-64-60)36-54(67-62)56-39(3)18-14-19-40(56)4;/h7-31,33-36H,1-6H3;/q-2;+2/b58-51+;. The molecule has 0 saturated heterocycles. The van der Waals surface area contributed by atoms with Gasteiger partial charge in [-0.05, 0) is 110 Å². The molecule has 6 aromatic carbocycles. The number of hydrogen-bond donors (Lipinski definition) is 0. The first-order valence-corrected chi connectivity index (χ1v) is 22.7. The predicted molar refractivity (Wildman–Crippen MR) is 275 cm³/mol. The van der Waals surface area contributed by atoms with Gasteiger partial charge in [0.2, 0.25) is 0 Å². The number of nitrogens with zero attached hydrogens (tertiary/aromatic N) is 3. The first-order chi connectivity index (χ1) is 32.7. The van der Waals surface area contributed by atoms with Crippen molar-refractivity contribution in [1.82, 2.24) is 9.97 Å². The number of fused-ring (bicyclic) bond motifs is 2. The van der Waals surface area contributed by atoms with E-state index < -0.39 is 0 Å². The molecule has 0 atom stereocenters. The number of rotatable bonds is 8. The zero-order chi connectivity index (χ0) is 45.8. The molecular weight excluding hydrogens is 1010 g/mol. The summed E-state index contributed by atoms with van der Waals surface area (Å²) in [7, 11) is 0. The van der Waals surface area contributed by atoms with Crippen LogP contribution in [0.5, 0.6) is 0 Å². The zero-order valence-electron chi connectivity index (χ0n) is 38.7. The number of aromatic nitrogens is 2. The van der Waals surface area contributed by atoms with E-state index in [1.165, 1.54) is 0 Å². The Morgan fingerprint density at radius 3 is 1.54 bits per heavy atom. The Bertz CT molecular complexity index is 3610. The fourth-order valence-electron chi connectivity index (χ4n) is 9.77. The van der Waals surface area contributed by atoms with Crippen molar-refractivity contribution in [2.24, 2.45) is 0 Å². The summed E-state index contributed by atoms with van der Waals surface area (Å²) in [5, 5.41) is 7.56. The maximum atomic E-state index is 6.84. The Morgan fingerprint density at radius 1 is 0.485 bits per heavy atom. The average Bonchev–Trinajstić information content (AvgIpc) is 3.98. The van der Waals surface area contributed by atoms with Crippen LogP contribution in [0.15, 0.2) is 191 Å². The molecule has 11 rings (SSSR count). The molecule has 6 heteroatoms. The van der Waals surface area contributed by atoms with Gasteiger partial charge in [0.25, 0.3) is 0 Å². The summed E-state index contributed by atoms with van der Waals surface area (Å²) in [6, 6.07) is 56.8. The Kier molecular flexibility index (Phi) is 11.9. The van der Waals surface area contributed by atoms with E-state index >= 15 is 0 Å². The van der Waals surface area contributed by atoms with Gasteiger partial charge >= 0.3 is 21.1 Å². The van der Waals surface area contributed by atoms with Crippen LogP contribution in [0.4, 0.5) is 0 Å². The normalized spacial score (nSPS) is 13.2. The summed E-state index contributed by atoms with van der Waals surface area (Å²) in [6.45, 7) is 12.9. The number of furan rings is 2. The Morgan fingerprint density at radius 2 is 0.985 bits per heavy atom. The molecular formula is C62H47N3O2Pt. The summed E-state index contributed by atoms with van der Waals surface area (Å²) in [5.74, 6) is 1.63. The van der Waals surface area contributed by atoms with Gasteiger partial charge in [-0.1, -0.05) is 155 Å². The molecule has 0 unspecified atom stereocenters. The third-order valence-electron chi connectivity index (χ3n) is 13.0. The molecule has 1 aliphatic rings. The van der Waals surface area contributed by atoms with Gasteiger partial charge in [-0.3, -0.25) is 9.97 Å². The average molecular weight is 1060 g/mol. The van der Waals surface area contributed by atoms with Crippen molar-refractivity contribution in [3.05, 3.63) is 249 Å². The summed E-state index contributed by atoms with van der Waals surface area (Å²) in [6.07, 6.45) is 8.06. The fraction of sp³-hybridized carbons (Fsp3) is 0.0968. The fourth-order valence-corrected chi connectivity index (χ4v) is 9.77. The molecule has 68 heavy (non-hydrogen) atoms. The first kappa shape index (κ1) is 44.3. The van der Waals surface area contributed by atoms with Gasteiger partial charge in [0.1, 0.15) is 17.1 Å². The minimum Gasteiger partial charge on any atom is -0.662 e. The second-order valence-electron chi connectivity index (χ2n) is 17.6. The van der Waals surface area contributed by atoms with Crippen LogP contribution < -0.4 is 0 Å². The van der Waals surface area contributed by atoms with Crippen LogP contribution in [0, 0.1) is 47.6 Å². The number of aryl methyl sites for hydroxylation is 6. The second kappa shape index (κ2) is 18.2. The summed E-state index contributed by atoms with van der Waals surface area (Å²) in [5.41, 5.74) is 21.2. The van der Waals surface area contributed by atoms with Crippen molar-refractivity contribution in [3.8, 4) is 45.0 Å². The van der Waals surface area contributed by atoms with Crippen molar-refractivity contribution < 1.29 is 29.9 Å². The second-order valence-corrected chi connectivity index (χ2v) is 17.6. The molecule has 332 valence electrons. The van der Waals surface area contributed by atoms with Gasteiger partial charge in [0.15, 0.2) is 5.58 Å². The zero-order valence-corrected chi connectivity index (χ0v) is 41.0. The molecule has 0 amide bonds. The van der Waals surface area contributed by atoms with Gasteiger partial charge in [-0.2, -0.15) is 5.70 Å². The molecule has 5 nitrogen and oxygen atoms in total. The van der Waals surface area contributed by atoms with Gasteiger partial charge in [0.05, 0.1) is 5.69 Å². The largest absolute Gasteiger partial charge is 2.00 e. The number of pyridine rings is 2. The molecule has 0 fully saturated rings. The van der Waals surface area contributed by atoms with Gasteiger partial charge in [-0.15, -0.1) is 29.5 Å². The van der Waals surface area contributed by atoms with E-state index in [0.717, 1.165) is 123 Å². The Hall–Kier alpha value is -7.59. The molecule has 0 aliphatic carbocycles. The van der Waals surface area contributed by atoms with Crippen LogP contribution in [0.25, 0.3) is 89.1 Å². The van der Waals surface area contributed by atoms with Crippen molar-refractivity contribution >= 4 is 38.8 Å². The third kappa shape index (κ3) is 8.07. The minimum absolute atomic E-state index is 0. The smallest absolute Gasteiger partial charge is 0.662 e. The molecule has 4 aromatic heterocycles. The van der Waals surface area contributed by atoms with E-state index in [2.05, 4.69) is 187 Å². The molecule has 0 saturated carbocycles. The first-order valence-electron chi connectivity index (χ1n) is 22.7. The van der Waals surface area contributed by atoms with E-state index in [4.69, 9.17) is 24.1 Å². The van der Waals surface area contributed by atoms with Crippen molar-refractivity contribution in [3.63, 3.8) is 0 Å². The van der Waals surface area contributed by atoms with Crippen molar-refractivity contribution in [2.75, 3.05) is 0 Å². The Labute approximate surface area is 411 Å². The van der Waals surface area contributed by atoms with Crippen LogP contribution in [0.1, 0.15) is 55.8 Å². The minimum atomic E-state index is 0. The van der Waals surface area contributed by atoms with E-state index in [9.17, 15) is 0 Å². The molecule has 10 aromatic rings. The SMILES string of the molecule is Cc1cccc(C)c1/C(=C1\C=C(c2ccccc2)C=C(c2nccc3cc(-c4c(C)cccc4C)oc23)[N-]1)c1[c-]c(-c2nccc3cc(-c4c(C)cccc4C)oc23)cc(-c2ccccc2)c1.[Pt+2]. The monoisotopic (exact) mass is 1060 g/mol. The van der Waals surface area contributed by atoms with E-state index in [1.807, 2.05) is 36.7 Å². The van der Waals surface area contributed by atoms with Crippen LogP contribution in [-0.4, -0.2) is 9.97 Å². The maximum absolute atomic E-state index is 6.84. The molecule has 0 N–H and O–H groups in total. The van der Waals surface area contributed by atoms with E-state index in [0.29, 0.717) is 22.6 Å². The molecule has 5 heterocycles. The topological polar surface area (TPSA) is 66.2 Å². The molecule has 0 spiro atoms.